The Labute approximate surface area is 173 Å². The minimum absolute atomic E-state index is 0.0824. The summed E-state index contributed by atoms with van der Waals surface area (Å²) in [7, 11) is 0. The zero-order chi connectivity index (χ0) is 19.0. The zero-order valence-corrected chi connectivity index (χ0v) is 16.9. The molecular weight excluding hydrogens is 485 g/mol. The quantitative estimate of drug-likeness (QED) is 0.362. The largest absolute Gasteiger partial charge is 0.387 e. The lowest BCUT2D eigenvalue weighted by atomic mass is 10.1. The van der Waals surface area contributed by atoms with E-state index in [1.54, 1.807) is 4.57 Å². The van der Waals surface area contributed by atoms with Gasteiger partial charge in [0.05, 0.1) is 12.2 Å². The molecule has 0 spiro atoms. The van der Waals surface area contributed by atoms with Gasteiger partial charge in [-0.05, 0) is 40.3 Å². The van der Waals surface area contributed by atoms with Crippen molar-refractivity contribution in [1.29, 1.82) is 0 Å². The van der Waals surface area contributed by atoms with Crippen molar-refractivity contribution in [3.63, 3.8) is 0 Å². The first-order valence-corrected chi connectivity index (χ1v) is 9.93. The van der Waals surface area contributed by atoms with E-state index in [0.717, 1.165) is 9.13 Å². The van der Waals surface area contributed by atoms with Crippen LogP contribution < -0.4 is 5.32 Å². The van der Waals surface area contributed by atoms with Gasteiger partial charge >= 0.3 is 0 Å². The van der Waals surface area contributed by atoms with Gasteiger partial charge < -0.3 is 20.3 Å². The van der Waals surface area contributed by atoms with Crippen LogP contribution in [0.15, 0.2) is 36.9 Å². The normalized spacial score (nSPS) is 25.2. The van der Waals surface area contributed by atoms with Crippen LogP contribution in [-0.2, 0) is 11.3 Å². The molecule has 4 unspecified atom stereocenters. The van der Waals surface area contributed by atoms with Crippen molar-refractivity contribution in [2.45, 2.75) is 31.1 Å². The van der Waals surface area contributed by atoms with E-state index in [1.807, 2.05) is 18.2 Å². The molecule has 2 aromatic heterocycles. The maximum Gasteiger partial charge on any atom is 0.167 e. The second-order valence-electron chi connectivity index (χ2n) is 6.23. The lowest BCUT2D eigenvalue weighted by Crippen LogP contribution is -2.32. The van der Waals surface area contributed by atoms with Crippen LogP contribution in [0.25, 0.3) is 11.2 Å². The van der Waals surface area contributed by atoms with E-state index < -0.39 is 24.5 Å². The summed E-state index contributed by atoms with van der Waals surface area (Å²) in [6.07, 6.45) is -0.702. The van der Waals surface area contributed by atoms with E-state index in [9.17, 15) is 10.2 Å². The van der Waals surface area contributed by atoms with Gasteiger partial charge in [0.2, 0.25) is 0 Å². The van der Waals surface area contributed by atoms with E-state index in [4.69, 9.17) is 16.3 Å². The van der Waals surface area contributed by atoms with Gasteiger partial charge in [-0.2, -0.15) is 0 Å². The molecule has 4 rings (SSSR count). The minimum Gasteiger partial charge on any atom is -0.387 e. The monoisotopic (exact) mass is 501 g/mol. The molecule has 1 fully saturated rings. The summed E-state index contributed by atoms with van der Waals surface area (Å²) in [5.41, 5.74) is 2.18. The Morgan fingerprint density at radius 1 is 1.22 bits per heavy atom. The third kappa shape index (κ3) is 3.61. The summed E-state index contributed by atoms with van der Waals surface area (Å²) in [6, 6.07) is 8.15. The fourth-order valence-corrected chi connectivity index (χ4v) is 3.95. The Bertz CT molecular complexity index is 955. The van der Waals surface area contributed by atoms with Crippen LogP contribution >= 0.6 is 34.2 Å². The number of anilines is 1. The molecule has 3 N–H and O–H groups in total. The number of nitrogens with zero attached hydrogens (tertiary/aromatic N) is 4. The van der Waals surface area contributed by atoms with Gasteiger partial charge in [-0.15, -0.1) is 11.6 Å². The Balaban J connectivity index is 1.60. The van der Waals surface area contributed by atoms with Crippen LogP contribution in [-0.4, -0.2) is 53.9 Å². The first-order valence-electron chi connectivity index (χ1n) is 8.32. The smallest absolute Gasteiger partial charge is 0.167 e. The minimum atomic E-state index is -1.12. The summed E-state index contributed by atoms with van der Waals surface area (Å²) in [5.74, 6) is 0.665. The Morgan fingerprint density at radius 3 is 2.81 bits per heavy atom. The van der Waals surface area contributed by atoms with Gasteiger partial charge in [0.15, 0.2) is 23.2 Å². The number of alkyl halides is 1. The highest BCUT2D eigenvalue weighted by Gasteiger charge is 2.43. The molecule has 10 heteroatoms. The molecule has 0 aliphatic carbocycles. The van der Waals surface area contributed by atoms with E-state index in [-0.39, 0.29) is 5.88 Å². The van der Waals surface area contributed by atoms with Crippen molar-refractivity contribution in [1.82, 2.24) is 19.5 Å². The topological polar surface area (TPSA) is 105 Å². The SMILES string of the molecule is OC1C(CCl)OC(n2cnc3c(NCc4cccc(I)c4)ncnc32)C1O. The number of aliphatic hydroxyl groups is 2. The van der Waals surface area contributed by atoms with Gasteiger partial charge in [0, 0.05) is 10.1 Å². The van der Waals surface area contributed by atoms with Gasteiger partial charge in [-0.1, -0.05) is 12.1 Å². The lowest BCUT2D eigenvalue weighted by Gasteiger charge is -2.16. The molecular formula is C17H17ClIN5O3. The maximum absolute atomic E-state index is 10.3. The number of hydrogen-bond donors (Lipinski definition) is 3. The second kappa shape index (κ2) is 7.84. The van der Waals surface area contributed by atoms with Crippen LogP contribution in [0.1, 0.15) is 11.8 Å². The summed E-state index contributed by atoms with van der Waals surface area (Å²) in [4.78, 5) is 12.9. The molecule has 0 amide bonds. The van der Waals surface area contributed by atoms with Crippen LogP contribution in [0.4, 0.5) is 5.82 Å². The molecule has 8 nitrogen and oxygen atoms in total. The molecule has 0 saturated carbocycles. The van der Waals surface area contributed by atoms with Crippen molar-refractivity contribution in [3.05, 3.63) is 46.1 Å². The maximum atomic E-state index is 10.3. The zero-order valence-electron chi connectivity index (χ0n) is 14.0. The van der Waals surface area contributed by atoms with E-state index in [1.165, 1.54) is 12.7 Å². The second-order valence-corrected chi connectivity index (χ2v) is 7.78. The Morgan fingerprint density at radius 2 is 2.07 bits per heavy atom. The molecule has 3 aromatic rings. The highest BCUT2D eigenvalue weighted by atomic mass is 127. The van der Waals surface area contributed by atoms with Crippen molar-refractivity contribution in [3.8, 4) is 0 Å². The van der Waals surface area contributed by atoms with Crippen LogP contribution in [0.3, 0.4) is 0 Å². The average Bonchev–Trinajstić information content (AvgIpc) is 3.22. The number of benzene rings is 1. The van der Waals surface area contributed by atoms with Crippen LogP contribution in [0.5, 0.6) is 0 Å². The molecule has 0 radical (unpaired) electrons. The number of halogens is 2. The number of fused-ring (bicyclic) bond motifs is 1. The molecule has 1 aliphatic rings. The van der Waals surface area contributed by atoms with E-state index in [2.05, 4.69) is 48.9 Å². The third-order valence-corrected chi connectivity index (χ3v) is 5.45. The van der Waals surface area contributed by atoms with Crippen LogP contribution in [0.2, 0.25) is 0 Å². The molecule has 4 atom stereocenters. The molecule has 0 bridgehead atoms. The average molecular weight is 502 g/mol. The van der Waals surface area contributed by atoms with Crippen molar-refractivity contribution >= 4 is 51.2 Å². The number of nitrogens with one attached hydrogen (secondary N) is 1. The first-order chi connectivity index (χ1) is 13.1. The summed E-state index contributed by atoms with van der Waals surface area (Å²) in [6.45, 7) is 0.589. The van der Waals surface area contributed by atoms with Gasteiger partial charge in [0.1, 0.15) is 24.6 Å². The Hall–Kier alpha value is -1.53. The standard InChI is InChI=1S/C17H17ClIN5O3/c18-5-11-13(25)14(26)17(27-11)24-8-23-12-15(21-7-22-16(12)24)20-6-9-2-1-3-10(19)4-9/h1-4,7-8,11,13-14,17,25-26H,5-6H2,(H,20,21,22). The molecule has 1 aliphatic heterocycles. The van der Waals surface area contributed by atoms with Gasteiger partial charge in [0.25, 0.3) is 0 Å². The molecule has 27 heavy (non-hydrogen) atoms. The predicted molar refractivity (Wildman–Crippen MR) is 108 cm³/mol. The van der Waals surface area contributed by atoms with Gasteiger partial charge in [-0.25, -0.2) is 15.0 Å². The number of aromatic nitrogens is 4. The van der Waals surface area contributed by atoms with Crippen molar-refractivity contribution < 1.29 is 14.9 Å². The van der Waals surface area contributed by atoms with Crippen molar-refractivity contribution in [2.24, 2.45) is 0 Å². The first kappa shape index (κ1) is 18.8. The summed E-state index contributed by atoms with van der Waals surface area (Å²) < 4.78 is 8.43. The molecule has 3 heterocycles. The highest BCUT2D eigenvalue weighted by Crippen LogP contribution is 2.32. The number of imidazole rings is 1. The van der Waals surface area contributed by atoms with Crippen molar-refractivity contribution in [2.75, 3.05) is 11.2 Å². The molecule has 1 saturated heterocycles. The number of ether oxygens (including phenoxy) is 1. The highest BCUT2D eigenvalue weighted by molar-refractivity contribution is 14.1. The number of hydrogen-bond acceptors (Lipinski definition) is 7. The predicted octanol–water partition coefficient (Wildman–Crippen LogP) is 1.90. The lowest BCUT2D eigenvalue weighted by molar-refractivity contribution is -0.0291. The molecule has 1 aromatic carbocycles. The summed E-state index contributed by atoms with van der Waals surface area (Å²) >= 11 is 8.06. The van der Waals surface area contributed by atoms with E-state index in [0.29, 0.717) is 23.5 Å². The third-order valence-electron chi connectivity index (χ3n) is 4.47. The fraction of sp³-hybridized carbons (Fsp3) is 0.353. The van der Waals surface area contributed by atoms with Gasteiger partial charge in [-0.3, -0.25) is 4.57 Å². The van der Waals surface area contributed by atoms with Crippen LogP contribution in [0, 0.1) is 3.57 Å². The number of aliphatic hydroxyl groups excluding tert-OH is 2. The number of rotatable bonds is 5. The summed E-state index contributed by atoms with van der Waals surface area (Å²) in [5, 5.41) is 23.6. The fourth-order valence-electron chi connectivity index (χ4n) is 3.09. The molecule has 142 valence electrons. The Kier molecular flexibility index (Phi) is 5.46. The van der Waals surface area contributed by atoms with E-state index >= 15 is 0 Å².